The molecule has 0 N–H and O–H groups in total. The van der Waals surface area contributed by atoms with Crippen molar-refractivity contribution in [1.29, 1.82) is 0 Å². The number of fused-ring (bicyclic) bond motifs is 12. The van der Waals surface area contributed by atoms with E-state index >= 15 is 0 Å². The largest absolute Gasteiger partial charge is 0.311 e. The maximum Gasteiger partial charge on any atom is 0.252 e. The number of anilines is 9. The zero-order valence-corrected chi connectivity index (χ0v) is 54.2. The van der Waals surface area contributed by atoms with Gasteiger partial charge >= 0.3 is 0 Å². The van der Waals surface area contributed by atoms with Crippen LogP contribution in [0.25, 0.3) is 22.3 Å². The molecule has 5 heteroatoms. The fraction of sp³-hybridized carbons (Fsp3) is 0.0217. The quantitative estimate of drug-likeness (QED) is 0.133. The second-order valence-electron chi connectivity index (χ2n) is 26.5. The van der Waals surface area contributed by atoms with Crippen LogP contribution >= 0.6 is 0 Å². The van der Waals surface area contributed by atoms with Crippen LogP contribution < -0.4 is 51.8 Å². The van der Waals surface area contributed by atoms with E-state index in [0.717, 1.165) is 39.8 Å². The average molecular weight is 1250 g/mol. The van der Waals surface area contributed by atoms with Crippen molar-refractivity contribution in [2.24, 2.45) is 0 Å². The molecule has 3 aliphatic heterocycles. The van der Waals surface area contributed by atoms with Crippen LogP contribution in [-0.2, 0) is 10.8 Å². The van der Waals surface area contributed by atoms with Crippen LogP contribution in [0, 0.1) is 0 Å². The first-order chi connectivity index (χ1) is 48.2. The number of rotatable bonds is 9. The Morgan fingerprint density at radius 3 is 0.918 bits per heavy atom. The van der Waals surface area contributed by atoms with E-state index in [9.17, 15) is 0 Å². The van der Waals surface area contributed by atoms with E-state index in [2.05, 4.69) is 391 Å². The molecular formula is C92H62BN3Si. The molecule has 3 heterocycles. The van der Waals surface area contributed by atoms with Gasteiger partial charge < -0.3 is 14.7 Å². The van der Waals surface area contributed by atoms with Gasteiger partial charge in [0.05, 0.1) is 16.5 Å². The lowest BCUT2D eigenvalue weighted by atomic mass is 9.33. The zero-order valence-electron chi connectivity index (χ0n) is 53.2. The highest BCUT2D eigenvalue weighted by atomic mass is 28.3. The van der Waals surface area contributed by atoms with Gasteiger partial charge in [-0.1, -0.05) is 315 Å². The highest BCUT2D eigenvalue weighted by Gasteiger charge is 2.55. The summed E-state index contributed by atoms with van der Waals surface area (Å²) in [5, 5.41) is 5.29. The van der Waals surface area contributed by atoms with Crippen molar-refractivity contribution in [3.05, 3.63) is 421 Å². The minimum Gasteiger partial charge on any atom is -0.311 e. The van der Waals surface area contributed by atoms with E-state index in [0.29, 0.717) is 0 Å². The highest BCUT2D eigenvalue weighted by Crippen LogP contribution is 2.59. The summed E-state index contributed by atoms with van der Waals surface area (Å²) in [5.74, 6) is 0. The molecule has 2 aliphatic carbocycles. The normalized spacial score (nSPS) is 14.8. The molecule has 5 aliphatic rings. The van der Waals surface area contributed by atoms with E-state index < -0.39 is 18.9 Å². The molecule has 0 spiro atoms. The average Bonchev–Trinajstić information content (AvgIpc) is 1.65. The van der Waals surface area contributed by atoms with Crippen molar-refractivity contribution in [3.8, 4) is 22.3 Å². The third-order valence-corrected chi connectivity index (χ3v) is 26.9. The molecule has 0 unspecified atom stereocenters. The van der Waals surface area contributed by atoms with Crippen LogP contribution in [0.1, 0.15) is 44.5 Å². The van der Waals surface area contributed by atoms with Crippen molar-refractivity contribution < 1.29 is 0 Å². The first-order valence-corrected chi connectivity index (χ1v) is 35.9. The van der Waals surface area contributed by atoms with E-state index in [1.54, 1.807) is 0 Å². The molecule has 0 radical (unpaired) electrons. The molecule has 0 fully saturated rings. The minimum absolute atomic E-state index is 0.0497. The molecule has 15 aromatic rings. The van der Waals surface area contributed by atoms with Gasteiger partial charge in [-0.2, -0.15) is 0 Å². The lowest BCUT2D eigenvalue weighted by Gasteiger charge is -2.48. The number of hydrogen-bond acceptors (Lipinski definition) is 3. The van der Waals surface area contributed by atoms with E-state index in [1.807, 2.05) is 0 Å². The van der Waals surface area contributed by atoms with Gasteiger partial charge in [0, 0.05) is 45.5 Å². The van der Waals surface area contributed by atoms with Crippen molar-refractivity contribution in [2.75, 3.05) is 14.7 Å². The van der Waals surface area contributed by atoms with Gasteiger partial charge in [0.15, 0.2) is 8.07 Å². The number of para-hydroxylation sites is 4. The first kappa shape index (κ1) is 55.4. The second kappa shape index (κ2) is 21.5. The van der Waals surface area contributed by atoms with Crippen molar-refractivity contribution >= 4 is 103 Å². The van der Waals surface area contributed by atoms with Gasteiger partial charge in [0.2, 0.25) is 0 Å². The predicted molar refractivity (Wildman–Crippen MR) is 407 cm³/mol. The Morgan fingerprint density at radius 2 is 0.536 bits per heavy atom. The smallest absolute Gasteiger partial charge is 0.252 e. The molecule has 0 saturated carbocycles. The zero-order chi connectivity index (χ0) is 63.8. The van der Waals surface area contributed by atoms with Crippen LogP contribution in [0.2, 0.25) is 0 Å². The summed E-state index contributed by atoms with van der Waals surface area (Å²) < 4.78 is 0. The summed E-state index contributed by atoms with van der Waals surface area (Å²) in [6.07, 6.45) is 0. The molecule has 0 aromatic heterocycles. The molecule has 452 valence electrons. The van der Waals surface area contributed by atoms with Crippen LogP contribution in [0.5, 0.6) is 0 Å². The standard InChI is InChI=1S/C92H62BN3Si/c1-7-31-63(32-8-1)91(76-47-23-19-43-72(76)73-44-20-24-48-77(73)91)65-55-57-84-88(59-65)97(70-39-15-5-16-40-70,71-41-17-6-18-42-71)89-60-66(92(64-33-9-2-10-34-64)78-49-25-21-45-74(78)75-46-22-26-50-79(75)92)56-58-85(89)96(84)69-61-86-90-87(62-69)95(68-37-13-4-14-38-68)83-54-30-28-52-81(83)93(90)80-51-27-29-53-82(80)94(86)67-35-11-3-12-36-67/h1-62H. The maximum absolute atomic E-state index is 3.59. The van der Waals surface area contributed by atoms with Crippen molar-refractivity contribution in [3.63, 3.8) is 0 Å². The highest BCUT2D eigenvalue weighted by molar-refractivity contribution is 7.21. The molecule has 3 nitrogen and oxygen atoms in total. The number of hydrogen-bond donors (Lipinski definition) is 0. The lowest BCUT2D eigenvalue weighted by Crippen LogP contribution is -2.77. The van der Waals surface area contributed by atoms with Crippen molar-refractivity contribution in [1.82, 2.24) is 0 Å². The molecule has 0 amide bonds. The SMILES string of the molecule is c1ccc(N2c3ccccc3B3c4ccccc4N(c4ccccc4)c4cc(N5c6ccc(C7(c8ccccc8)c8ccccc8-c8ccccc87)cc6[Si](c6ccccc6)(c6ccccc6)c6cc(C7(c8ccccc8)c8ccccc8-c8ccccc87)ccc65)cc2c43)cc1. The van der Waals surface area contributed by atoms with Gasteiger partial charge in [-0.15, -0.1) is 0 Å². The Labute approximate surface area is 567 Å². The lowest BCUT2D eigenvalue weighted by molar-refractivity contribution is 0.768. The second-order valence-corrected chi connectivity index (χ2v) is 30.2. The molecule has 0 saturated heterocycles. The summed E-state index contributed by atoms with van der Waals surface area (Å²) >= 11 is 0. The number of nitrogens with zero attached hydrogens (tertiary/aromatic N) is 3. The number of benzene rings is 15. The van der Waals surface area contributed by atoms with Gasteiger partial charge in [0.1, 0.15) is 0 Å². The third kappa shape index (κ3) is 7.63. The summed E-state index contributed by atoms with van der Waals surface area (Å²) in [5.41, 5.74) is 27.9. The molecule has 20 rings (SSSR count). The van der Waals surface area contributed by atoms with Gasteiger partial charge in [0.25, 0.3) is 6.71 Å². The summed E-state index contributed by atoms with van der Waals surface area (Å²) in [6, 6.07) is 144. The fourth-order valence-corrected chi connectivity index (χ4v) is 23.5. The predicted octanol–water partition coefficient (Wildman–Crippen LogP) is 17.7. The Hall–Kier alpha value is -12.0. The Balaban J connectivity index is 0.966. The minimum atomic E-state index is -3.59. The third-order valence-electron chi connectivity index (χ3n) is 22.0. The monoisotopic (exact) mass is 1250 g/mol. The Bertz CT molecular complexity index is 5190. The molecule has 0 bridgehead atoms. The molecule has 0 atom stereocenters. The van der Waals surface area contributed by atoms with Crippen LogP contribution in [0.4, 0.5) is 51.2 Å². The summed E-state index contributed by atoms with van der Waals surface area (Å²) in [6.45, 7) is -0.0497. The van der Waals surface area contributed by atoms with Gasteiger partial charge in [-0.3, -0.25) is 0 Å². The summed E-state index contributed by atoms with van der Waals surface area (Å²) in [7, 11) is -3.59. The van der Waals surface area contributed by atoms with Crippen LogP contribution in [0.3, 0.4) is 0 Å². The van der Waals surface area contributed by atoms with Crippen LogP contribution in [0.15, 0.2) is 376 Å². The summed E-state index contributed by atoms with van der Waals surface area (Å²) in [4.78, 5) is 7.78. The Kier molecular flexibility index (Phi) is 12.3. The topological polar surface area (TPSA) is 9.72 Å². The maximum atomic E-state index is 2.71. The van der Waals surface area contributed by atoms with Crippen molar-refractivity contribution in [2.45, 2.75) is 10.8 Å². The fourth-order valence-electron chi connectivity index (χ4n) is 18.4. The first-order valence-electron chi connectivity index (χ1n) is 33.9. The van der Waals surface area contributed by atoms with Gasteiger partial charge in [-0.25, -0.2) is 0 Å². The van der Waals surface area contributed by atoms with E-state index in [1.165, 1.54) is 115 Å². The van der Waals surface area contributed by atoms with E-state index in [-0.39, 0.29) is 6.71 Å². The molecule has 15 aromatic carbocycles. The van der Waals surface area contributed by atoms with Crippen LogP contribution in [-0.4, -0.2) is 14.8 Å². The Morgan fingerprint density at radius 1 is 0.227 bits per heavy atom. The van der Waals surface area contributed by atoms with Gasteiger partial charge in [-0.05, 0) is 165 Å². The van der Waals surface area contributed by atoms with E-state index in [4.69, 9.17) is 0 Å². The molecular weight excluding hydrogens is 1190 g/mol. The molecule has 97 heavy (non-hydrogen) atoms.